The minimum Gasteiger partial charge on any atom is -0.493 e. The molecule has 2 aromatic rings. The van der Waals surface area contributed by atoms with Gasteiger partial charge in [-0.2, -0.15) is 0 Å². The van der Waals surface area contributed by atoms with Crippen LogP contribution in [0.15, 0.2) is 48.5 Å². The monoisotopic (exact) mass is 327 g/mol. The number of anilines is 1. The second-order valence-corrected chi connectivity index (χ2v) is 5.38. The first-order valence-electron chi connectivity index (χ1n) is 7.64. The molecule has 0 spiro atoms. The highest BCUT2D eigenvalue weighted by molar-refractivity contribution is 5.89. The molecule has 2 rings (SSSR count). The lowest BCUT2D eigenvalue weighted by Crippen LogP contribution is -2.28. The van der Waals surface area contributed by atoms with Gasteiger partial charge in [-0.15, -0.1) is 0 Å². The standard InChI is InChI=1S/C18H21N3O3/c1-13-2-4-14(5-3-13)12-20-18(23)21-15-6-8-16(9-7-15)24-11-10-17(19)22/h2-9H,10-12H2,1H3,(H2,19,22)(H2,20,21,23). The molecule has 24 heavy (non-hydrogen) atoms. The van der Waals surface area contributed by atoms with Crippen molar-refractivity contribution in [2.45, 2.75) is 19.9 Å². The average Bonchev–Trinajstić information content (AvgIpc) is 2.56. The van der Waals surface area contributed by atoms with Crippen LogP contribution in [0.25, 0.3) is 0 Å². The average molecular weight is 327 g/mol. The van der Waals surface area contributed by atoms with Gasteiger partial charge < -0.3 is 21.1 Å². The van der Waals surface area contributed by atoms with Crippen LogP contribution in [0.3, 0.4) is 0 Å². The predicted octanol–water partition coefficient (Wildman–Crippen LogP) is 2.57. The number of benzene rings is 2. The Labute approximate surface area is 141 Å². The van der Waals surface area contributed by atoms with E-state index in [0.717, 1.165) is 5.56 Å². The summed E-state index contributed by atoms with van der Waals surface area (Å²) in [5.74, 6) is 0.209. The molecule has 0 radical (unpaired) electrons. The number of ether oxygens (including phenoxy) is 1. The zero-order valence-corrected chi connectivity index (χ0v) is 13.5. The number of urea groups is 1. The molecule has 0 unspecified atom stereocenters. The van der Waals surface area contributed by atoms with Crippen molar-refractivity contribution in [2.75, 3.05) is 11.9 Å². The van der Waals surface area contributed by atoms with Crippen molar-refractivity contribution in [3.05, 3.63) is 59.7 Å². The van der Waals surface area contributed by atoms with Gasteiger partial charge in [-0.1, -0.05) is 29.8 Å². The fourth-order valence-electron chi connectivity index (χ4n) is 1.97. The van der Waals surface area contributed by atoms with Crippen LogP contribution in [0.4, 0.5) is 10.5 Å². The Morgan fingerprint density at radius 1 is 1.04 bits per heavy atom. The summed E-state index contributed by atoms with van der Waals surface area (Å²) in [6.07, 6.45) is 0.168. The van der Waals surface area contributed by atoms with Crippen LogP contribution in [0.1, 0.15) is 17.5 Å². The molecule has 0 saturated heterocycles. The first kappa shape index (κ1) is 17.3. The van der Waals surface area contributed by atoms with Gasteiger partial charge in [0.15, 0.2) is 0 Å². The molecular formula is C18H21N3O3. The zero-order chi connectivity index (χ0) is 17.4. The molecule has 4 N–H and O–H groups in total. The third kappa shape index (κ3) is 6.00. The highest BCUT2D eigenvalue weighted by Crippen LogP contribution is 2.15. The minimum absolute atomic E-state index is 0.168. The topological polar surface area (TPSA) is 93.4 Å². The lowest BCUT2D eigenvalue weighted by Gasteiger charge is -2.09. The summed E-state index contributed by atoms with van der Waals surface area (Å²) >= 11 is 0. The first-order chi connectivity index (χ1) is 11.5. The van der Waals surface area contributed by atoms with Crippen molar-refractivity contribution >= 4 is 17.6 Å². The Bertz CT molecular complexity index is 682. The molecule has 0 bridgehead atoms. The molecule has 6 nitrogen and oxygen atoms in total. The van der Waals surface area contributed by atoms with Crippen molar-refractivity contribution in [1.29, 1.82) is 0 Å². The lowest BCUT2D eigenvalue weighted by atomic mass is 10.1. The van der Waals surface area contributed by atoms with E-state index in [-0.39, 0.29) is 19.1 Å². The van der Waals surface area contributed by atoms with E-state index in [1.165, 1.54) is 5.56 Å². The van der Waals surface area contributed by atoms with Crippen LogP contribution < -0.4 is 21.1 Å². The predicted molar refractivity (Wildman–Crippen MR) is 92.8 cm³/mol. The molecule has 0 atom stereocenters. The molecule has 0 saturated carbocycles. The SMILES string of the molecule is Cc1ccc(CNC(=O)Nc2ccc(OCCC(N)=O)cc2)cc1. The van der Waals surface area contributed by atoms with E-state index >= 15 is 0 Å². The number of nitrogens with two attached hydrogens (primary N) is 1. The van der Waals surface area contributed by atoms with Gasteiger partial charge in [0, 0.05) is 12.2 Å². The summed E-state index contributed by atoms with van der Waals surface area (Å²) in [5, 5.41) is 5.54. The second kappa shape index (κ2) is 8.57. The van der Waals surface area contributed by atoms with Gasteiger partial charge in [-0.25, -0.2) is 4.79 Å². The van der Waals surface area contributed by atoms with E-state index in [2.05, 4.69) is 10.6 Å². The van der Waals surface area contributed by atoms with Crippen molar-refractivity contribution in [3.63, 3.8) is 0 Å². The second-order valence-electron chi connectivity index (χ2n) is 5.38. The number of amides is 3. The van der Waals surface area contributed by atoms with Gasteiger partial charge in [0.25, 0.3) is 0 Å². The van der Waals surface area contributed by atoms with E-state index in [4.69, 9.17) is 10.5 Å². The normalized spacial score (nSPS) is 10.0. The zero-order valence-electron chi connectivity index (χ0n) is 13.5. The maximum absolute atomic E-state index is 11.9. The van der Waals surface area contributed by atoms with Gasteiger partial charge in [-0.05, 0) is 36.8 Å². The number of carbonyl (C=O) groups is 2. The summed E-state index contributed by atoms with van der Waals surface area (Å²) in [6.45, 7) is 2.71. The van der Waals surface area contributed by atoms with Gasteiger partial charge in [0.1, 0.15) is 5.75 Å². The molecule has 126 valence electrons. The Hall–Kier alpha value is -3.02. The molecule has 0 aromatic heterocycles. The van der Waals surface area contributed by atoms with Gasteiger partial charge in [0.2, 0.25) is 5.91 Å². The molecule has 6 heteroatoms. The maximum atomic E-state index is 11.9. The number of hydrogen-bond acceptors (Lipinski definition) is 3. The van der Waals surface area contributed by atoms with Gasteiger partial charge >= 0.3 is 6.03 Å². The summed E-state index contributed by atoms with van der Waals surface area (Å²) in [7, 11) is 0. The number of rotatable bonds is 7. The van der Waals surface area contributed by atoms with E-state index in [1.807, 2.05) is 31.2 Å². The van der Waals surface area contributed by atoms with Crippen LogP contribution in [-0.4, -0.2) is 18.5 Å². The Balaban J connectivity index is 1.77. The molecule has 3 amide bonds. The number of nitrogens with one attached hydrogen (secondary N) is 2. The molecule has 0 fully saturated rings. The van der Waals surface area contributed by atoms with Crippen LogP contribution in [0.5, 0.6) is 5.75 Å². The minimum atomic E-state index is -0.404. The first-order valence-corrected chi connectivity index (χ1v) is 7.64. The van der Waals surface area contributed by atoms with Gasteiger partial charge in [-0.3, -0.25) is 4.79 Å². The van der Waals surface area contributed by atoms with Crippen LogP contribution >= 0.6 is 0 Å². The molecule has 0 heterocycles. The van der Waals surface area contributed by atoms with Crippen LogP contribution in [-0.2, 0) is 11.3 Å². The third-order valence-electron chi connectivity index (χ3n) is 3.30. The smallest absolute Gasteiger partial charge is 0.319 e. The van der Waals surface area contributed by atoms with E-state index in [1.54, 1.807) is 24.3 Å². The van der Waals surface area contributed by atoms with Gasteiger partial charge in [0.05, 0.1) is 13.0 Å². The lowest BCUT2D eigenvalue weighted by molar-refractivity contribution is -0.118. The highest BCUT2D eigenvalue weighted by Gasteiger charge is 2.03. The van der Waals surface area contributed by atoms with E-state index in [0.29, 0.717) is 18.0 Å². The summed E-state index contributed by atoms with van der Waals surface area (Å²) < 4.78 is 5.36. The Morgan fingerprint density at radius 2 is 1.71 bits per heavy atom. The van der Waals surface area contributed by atoms with Crippen molar-refractivity contribution in [3.8, 4) is 5.75 Å². The quantitative estimate of drug-likeness (QED) is 0.729. The molecular weight excluding hydrogens is 306 g/mol. The van der Waals surface area contributed by atoms with Crippen molar-refractivity contribution in [2.24, 2.45) is 5.73 Å². The number of primary amides is 1. The molecule has 0 aliphatic carbocycles. The van der Waals surface area contributed by atoms with Crippen LogP contribution in [0.2, 0.25) is 0 Å². The summed E-state index contributed by atoms with van der Waals surface area (Å²) in [4.78, 5) is 22.5. The van der Waals surface area contributed by atoms with Crippen LogP contribution in [0, 0.1) is 6.92 Å². The number of aryl methyl sites for hydroxylation is 1. The Morgan fingerprint density at radius 3 is 2.33 bits per heavy atom. The largest absolute Gasteiger partial charge is 0.493 e. The number of carbonyl (C=O) groups excluding carboxylic acids is 2. The van der Waals surface area contributed by atoms with E-state index in [9.17, 15) is 9.59 Å². The fraction of sp³-hybridized carbons (Fsp3) is 0.222. The molecule has 0 aliphatic heterocycles. The maximum Gasteiger partial charge on any atom is 0.319 e. The molecule has 2 aromatic carbocycles. The fourth-order valence-corrected chi connectivity index (χ4v) is 1.97. The van der Waals surface area contributed by atoms with Crippen molar-refractivity contribution in [1.82, 2.24) is 5.32 Å². The van der Waals surface area contributed by atoms with Crippen molar-refractivity contribution < 1.29 is 14.3 Å². The van der Waals surface area contributed by atoms with E-state index < -0.39 is 5.91 Å². The third-order valence-corrected chi connectivity index (χ3v) is 3.30. The molecule has 0 aliphatic rings. The summed E-state index contributed by atoms with van der Waals surface area (Å²) in [5.41, 5.74) is 7.91. The highest BCUT2D eigenvalue weighted by atomic mass is 16.5. The number of hydrogen-bond donors (Lipinski definition) is 3. The summed E-state index contributed by atoms with van der Waals surface area (Å²) in [6, 6.07) is 14.6. The Kier molecular flexibility index (Phi) is 6.19.